The summed E-state index contributed by atoms with van der Waals surface area (Å²) in [6.45, 7) is 6.71. The van der Waals surface area contributed by atoms with Crippen molar-refractivity contribution < 1.29 is 9.59 Å². The molecular weight excluding hydrogens is 328 g/mol. The van der Waals surface area contributed by atoms with Gasteiger partial charge >= 0.3 is 0 Å². The molecule has 1 aliphatic rings. The summed E-state index contributed by atoms with van der Waals surface area (Å²) in [7, 11) is 0. The summed E-state index contributed by atoms with van der Waals surface area (Å²) < 4.78 is 0. The minimum atomic E-state index is -0.0810. The molecule has 0 saturated carbocycles. The Kier molecular flexibility index (Phi) is 5.51. The lowest BCUT2D eigenvalue weighted by molar-refractivity contribution is -0.130. The Hall–Kier alpha value is -2.89. The van der Waals surface area contributed by atoms with Gasteiger partial charge in [0, 0.05) is 45.3 Å². The van der Waals surface area contributed by atoms with Gasteiger partial charge in [-0.05, 0) is 31.2 Å². The molecule has 136 valence electrons. The van der Waals surface area contributed by atoms with E-state index in [1.807, 2.05) is 24.3 Å². The zero-order valence-corrected chi connectivity index (χ0v) is 15.3. The molecule has 2 amide bonds. The van der Waals surface area contributed by atoms with Crippen LogP contribution in [0.5, 0.6) is 0 Å². The zero-order valence-electron chi connectivity index (χ0n) is 15.3. The van der Waals surface area contributed by atoms with E-state index < -0.39 is 0 Å². The molecule has 0 radical (unpaired) electrons. The molecule has 0 bridgehead atoms. The third kappa shape index (κ3) is 3.85. The van der Waals surface area contributed by atoms with Crippen molar-refractivity contribution in [2.45, 2.75) is 13.8 Å². The summed E-state index contributed by atoms with van der Waals surface area (Å²) >= 11 is 0. The first-order chi connectivity index (χ1) is 12.6. The number of piperazine rings is 1. The van der Waals surface area contributed by atoms with Crippen LogP contribution in [0.2, 0.25) is 0 Å². The maximum Gasteiger partial charge on any atom is 0.272 e. The van der Waals surface area contributed by atoms with Crippen LogP contribution in [-0.4, -0.2) is 59.3 Å². The lowest BCUT2D eigenvalue weighted by atomic mass is 10.2. The molecule has 0 spiro atoms. The van der Waals surface area contributed by atoms with E-state index in [2.05, 4.69) is 28.9 Å². The van der Waals surface area contributed by atoms with Gasteiger partial charge in [0.05, 0.1) is 11.9 Å². The first-order valence-corrected chi connectivity index (χ1v) is 8.93. The van der Waals surface area contributed by atoms with Crippen LogP contribution >= 0.6 is 0 Å². The van der Waals surface area contributed by atoms with Gasteiger partial charge in [-0.1, -0.05) is 18.2 Å². The highest BCUT2D eigenvalue weighted by Gasteiger charge is 2.24. The van der Waals surface area contributed by atoms with Crippen LogP contribution in [0.4, 0.5) is 11.4 Å². The third-order valence-corrected chi connectivity index (χ3v) is 4.67. The number of amides is 2. The van der Waals surface area contributed by atoms with Gasteiger partial charge in [0.15, 0.2) is 0 Å². The van der Waals surface area contributed by atoms with Gasteiger partial charge in [-0.2, -0.15) is 0 Å². The molecule has 1 saturated heterocycles. The number of pyridine rings is 1. The summed E-state index contributed by atoms with van der Waals surface area (Å²) in [5.41, 5.74) is 2.49. The fourth-order valence-electron chi connectivity index (χ4n) is 3.18. The second-order valence-electron chi connectivity index (χ2n) is 6.28. The lowest BCUT2D eigenvalue weighted by Gasteiger charge is -2.34. The van der Waals surface area contributed by atoms with Crippen molar-refractivity contribution in [2.75, 3.05) is 37.6 Å². The number of anilines is 2. The zero-order chi connectivity index (χ0) is 18.5. The highest BCUT2D eigenvalue weighted by molar-refractivity contribution is 5.92. The van der Waals surface area contributed by atoms with Crippen molar-refractivity contribution in [3.63, 3.8) is 0 Å². The second kappa shape index (κ2) is 7.99. The number of aromatic nitrogens is 1. The third-order valence-electron chi connectivity index (χ3n) is 4.67. The van der Waals surface area contributed by atoms with Gasteiger partial charge in [-0.15, -0.1) is 0 Å². The van der Waals surface area contributed by atoms with Crippen molar-refractivity contribution in [3.8, 4) is 0 Å². The molecule has 0 N–H and O–H groups in total. The fourth-order valence-corrected chi connectivity index (χ4v) is 3.18. The Morgan fingerprint density at radius 2 is 1.62 bits per heavy atom. The number of para-hydroxylation sites is 1. The Bertz CT molecular complexity index is 753. The fraction of sp³-hybridized carbons (Fsp3) is 0.350. The first-order valence-electron chi connectivity index (χ1n) is 8.93. The van der Waals surface area contributed by atoms with E-state index in [0.717, 1.165) is 17.9 Å². The molecule has 3 rings (SSSR count). The van der Waals surface area contributed by atoms with E-state index in [1.54, 1.807) is 29.0 Å². The molecule has 0 aliphatic carbocycles. The van der Waals surface area contributed by atoms with Crippen LogP contribution in [0.15, 0.2) is 48.7 Å². The van der Waals surface area contributed by atoms with Crippen LogP contribution < -0.4 is 4.90 Å². The number of carbonyl (C=O) groups excluding carboxylic acids is 2. The van der Waals surface area contributed by atoms with Crippen LogP contribution in [0, 0.1) is 0 Å². The van der Waals surface area contributed by atoms with Gasteiger partial charge in [-0.25, -0.2) is 4.98 Å². The van der Waals surface area contributed by atoms with Crippen LogP contribution in [0.1, 0.15) is 24.3 Å². The van der Waals surface area contributed by atoms with Crippen LogP contribution in [-0.2, 0) is 4.79 Å². The minimum Gasteiger partial charge on any atom is -0.341 e. The van der Waals surface area contributed by atoms with Crippen LogP contribution in [0.25, 0.3) is 0 Å². The van der Waals surface area contributed by atoms with Crippen molar-refractivity contribution in [3.05, 3.63) is 54.4 Å². The lowest BCUT2D eigenvalue weighted by Crippen LogP contribution is -2.50. The van der Waals surface area contributed by atoms with Crippen molar-refractivity contribution >= 4 is 23.2 Å². The van der Waals surface area contributed by atoms with Crippen LogP contribution in [0.3, 0.4) is 0 Å². The molecule has 6 heteroatoms. The molecule has 2 aromatic rings. The molecule has 1 fully saturated rings. The first kappa shape index (κ1) is 17.9. The van der Waals surface area contributed by atoms with Gasteiger partial charge in [-0.3, -0.25) is 9.59 Å². The number of hydrogen-bond donors (Lipinski definition) is 0. The highest BCUT2D eigenvalue weighted by atomic mass is 16.2. The van der Waals surface area contributed by atoms with E-state index in [1.165, 1.54) is 0 Å². The normalized spacial score (nSPS) is 14.2. The number of nitrogens with zero attached hydrogens (tertiary/aromatic N) is 4. The van der Waals surface area contributed by atoms with E-state index in [0.29, 0.717) is 31.9 Å². The van der Waals surface area contributed by atoms with E-state index in [9.17, 15) is 9.59 Å². The largest absolute Gasteiger partial charge is 0.341 e. The van der Waals surface area contributed by atoms with E-state index in [-0.39, 0.29) is 11.8 Å². The van der Waals surface area contributed by atoms with Gasteiger partial charge in [0.1, 0.15) is 5.69 Å². The number of carbonyl (C=O) groups is 2. The predicted molar refractivity (Wildman–Crippen MR) is 102 cm³/mol. The number of hydrogen-bond acceptors (Lipinski definition) is 4. The average Bonchev–Trinajstić information content (AvgIpc) is 2.69. The molecule has 2 heterocycles. The van der Waals surface area contributed by atoms with Gasteiger partial charge in [0.25, 0.3) is 5.91 Å². The molecular formula is C20H24N4O2. The number of rotatable bonds is 4. The Balaban J connectivity index is 1.69. The molecule has 0 unspecified atom stereocenters. The molecule has 1 aliphatic heterocycles. The van der Waals surface area contributed by atoms with E-state index >= 15 is 0 Å². The SMILES string of the molecule is CCN(c1ccccc1)c1ccc(C(=O)N2CCN(C(C)=O)CC2)nc1. The summed E-state index contributed by atoms with van der Waals surface area (Å²) in [5.74, 6) is -0.0253. The number of benzene rings is 1. The van der Waals surface area contributed by atoms with Crippen molar-refractivity contribution in [1.82, 2.24) is 14.8 Å². The standard InChI is InChI=1S/C20H24N4O2/c1-3-24(17-7-5-4-6-8-17)18-9-10-19(21-15-18)20(26)23-13-11-22(12-14-23)16(2)25/h4-10,15H,3,11-14H2,1-2H3. The smallest absolute Gasteiger partial charge is 0.272 e. The van der Waals surface area contributed by atoms with E-state index in [4.69, 9.17) is 0 Å². The summed E-state index contributed by atoms with van der Waals surface area (Å²) in [6, 6.07) is 13.8. The Morgan fingerprint density at radius 3 is 2.15 bits per heavy atom. The molecule has 26 heavy (non-hydrogen) atoms. The summed E-state index contributed by atoms with van der Waals surface area (Å²) in [4.78, 5) is 34.1. The summed E-state index contributed by atoms with van der Waals surface area (Å²) in [6.07, 6.45) is 1.75. The maximum atomic E-state index is 12.6. The summed E-state index contributed by atoms with van der Waals surface area (Å²) in [5, 5.41) is 0. The average molecular weight is 352 g/mol. The quantitative estimate of drug-likeness (QED) is 0.849. The minimum absolute atomic E-state index is 0.0557. The molecule has 0 atom stereocenters. The molecule has 1 aromatic heterocycles. The molecule has 6 nitrogen and oxygen atoms in total. The van der Waals surface area contributed by atoms with Gasteiger partial charge < -0.3 is 14.7 Å². The predicted octanol–water partition coefficient (Wildman–Crippen LogP) is 2.54. The van der Waals surface area contributed by atoms with Crippen molar-refractivity contribution in [1.29, 1.82) is 0 Å². The monoisotopic (exact) mass is 352 g/mol. The second-order valence-corrected chi connectivity index (χ2v) is 6.28. The Morgan fingerprint density at radius 1 is 0.962 bits per heavy atom. The highest BCUT2D eigenvalue weighted by Crippen LogP contribution is 2.24. The Labute approximate surface area is 154 Å². The van der Waals surface area contributed by atoms with Crippen molar-refractivity contribution in [2.24, 2.45) is 0 Å². The molecule has 1 aromatic carbocycles. The topological polar surface area (TPSA) is 56.8 Å². The van der Waals surface area contributed by atoms with Gasteiger partial charge in [0.2, 0.25) is 5.91 Å². The maximum absolute atomic E-state index is 12.6.